The van der Waals surface area contributed by atoms with Gasteiger partial charge in [-0.25, -0.2) is 0 Å². The van der Waals surface area contributed by atoms with Gasteiger partial charge in [0.1, 0.15) is 0 Å². The van der Waals surface area contributed by atoms with Crippen LogP contribution in [0.3, 0.4) is 0 Å². The molecule has 1 aromatic carbocycles. The van der Waals surface area contributed by atoms with Crippen molar-refractivity contribution in [1.82, 2.24) is 21.3 Å². The van der Waals surface area contributed by atoms with Crippen LogP contribution in [-0.4, -0.2) is 77.5 Å². The van der Waals surface area contributed by atoms with E-state index in [4.69, 9.17) is 22.9 Å². The van der Waals surface area contributed by atoms with Gasteiger partial charge >= 0.3 is 0 Å². The zero-order chi connectivity index (χ0) is 28.9. The van der Waals surface area contributed by atoms with Gasteiger partial charge in [-0.3, -0.25) is 0 Å². The van der Waals surface area contributed by atoms with Crippen LogP contribution in [0.5, 0.6) is 0 Å². The van der Waals surface area contributed by atoms with Gasteiger partial charge in [-0.2, -0.15) is 0 Å². The normalized spacial score (nSPS) is 13.1. The molecular formula is C32H66N8. The predicted molar refractivity (Wildman–Crippen MR) is 175 cm³/mol. The average Bonchev–Trinajstić information content (AvgIpc) is 2.94. The van der Waals surface area contributed by atoms with Crippen molar-refractivity contribution in [2.24, 2.45) is 22.9 Å². The van der Waals surface area contributed by atoms with Crippen molar-refractivity contribution in [3.63, 3.8) is 0 Å². The van der Waals surface area contributed by atoms with Gasteiger partial charge in [-0.1, -0.05) is 24.3 Å². The fourth-order valence-electron chi connectivity index (χ4n) is 4.96. The molecule has 12 N–H and O–H groups in total. The lowest BCUT2D eigenvalue weighted by atomic mass is 9.97. The summed E-state index contributed by atoms with van der Waals surface area (Å²) in [6.07, 6.45) is 15.7. The van der Waals surface area contributed by atoms with Gasteiger partial charge in [0, 0.05) is 12.1 Å². The van der Waals surface area contributed by atoms with Gasteiger partial charge in [0.15, 0.2) is 0 Å². The third kappa shape index (κ3) is 23.6. The Bertz CT molecular complexity index is 608. The summed E-state index contributed by atoms with van der Waals surface area (Å²) < 4.78 is 0. The van der Waals surface area contributed by atoms with E-state index in [2.05, 4.69) is 45.5 Å². The standard InChI is InChI=1S/C32H66N8/c33-16-1-3-18-37-20-5-7-22-39-24-10-14-31(35)27-29-12-9-13-30(26-29)28-32(36)15-11-25-40-23-8-6-21-38-19-4-2-17-34/h9,12-13,26,31-32,37-40H,1-8,10-11,14-25,27-28,33-36H2. The Morgan fingerprint density at radius 2 is 0.800 bits per heavy atom. The fourth-order valence-corrected chi connectivity index (χ4v) is 4.96. The summed E-state index contributed by atoms with van der Waals surface area (Å²) in [5, 5.41) is 14.1. The lowest BCUT2D eigenvalue weighted by molar-refractivity contribution is 0.527. The molecule has 0 heterocycles. The van der Waals surface area contributed by atoms with Gasteiger partial charge in [-0.05, 0) is 166 Å². The first-order valence-electron chi connectivity index (χ1n) is 16.5. The summed E-state index contributed by atoms with van der Waals surface area (Å²) in [5.41, 5.74) is 26.6. The molecule has 0 spiro atoms. The zero-order valence-corrected chi connectivity index (χ0v) is 25.7. The molecule has 0 aliphatic rings. The van der Waals surface area contributed by atoms with Crippen LogP contribution in [-0.2, 0) is 12.8 Å². The minimum atomic E-state index is 0.210. The molecule has 0 saturated heterocycles. The van der Waals surface area contributed by atoms with Crippen LogP contribution in [0.2, 0.25) is 0 Å². The molecule has 0 aromatic heterocycles. The topological polar surface area (TPSA) is 152 Å². The molecule has 8 nitrogen and oxygen atoms in total. The molecule has 234 valence electrons. The van der Waals surface area contributed by atoms with Crippen molar-refractivity contribution in [3.05, 3.63) is 35.4 Å². The quantitative estimate of drug-likeness (QED) is 0.0666. The van der Waals surface area contributed by atoms with E-state index < -0.39 is 0 Å². The Morgan fingerprint density at radius 1 is 0.475 bits per heavy atom. The molecule has 8 heteroatoms. The first-order valence-corrected chi connectivity index (χ1v) is 16.5. The Labute approximate surface area is 246 Å². The van der Waals surface area contributed by atoms with Crippen LogP contribution in [0, 0.1) is 0 Å². The molecule has 1 aromatic rings. The first-order chi connectivity index (χ1) is 19.7. The zero-order valence-electron chi connectivity index (χ0n) is 25.7. The third-order valence-electron chi connectivity index (χ3n) is 7.37. The van der Waals surface area contributed by atoms with Crippen molar-refractivity contribution in [1.29, 1.82) is 0 Å². The molecule has 0 saturated carbocycles. The second-order valence-electron chi connectivity index (χ2n) is 11.4. The maximum Gasteiger partial charge on any atom is 0.00797 e. The molecule has 0 radical (unpaired) electrons. The molecule has 0 amide bonds. The molecule has 0 bridgehead atoms. The highest BCUT2D eigenvalue weighted by Gasteiger charge is 2.08. The lowest BCUT2D eigenvalue weighted by Crippen LogP contribution is -2.26. The second kappa shape index (κ2) is 28.0. The molecule has 1 rings (SSSR count). The molecular weight excluding hydrogens is 496 g/mol. The van der Waals surface area contributed by atoms with E-state index in [1.165, 1.54) is 49.7 Å². The van der Waals surface area contributed by atoms with E-state index in [0.29, 0.717) is 0 Å². The average molecular weight is 563 g/mol. The van der Waals surface area contributed by atoms with Gasteiger partial charge in [0.25, 0.3) is 0 Å². The monoisotopic (exact) mass is 563 g/mol. The summed E-state index contributed by atoms with van der Waals surface area (Å²) in [7, 11) is 0. The van der Waals surface area contributed by atoms with Gasteiger partial charge in [-0.15, -0.1) is 0 Å². The summed E-state index contributed by atoms with van der Waals surface area (Å²) in [6.45, 7) is 10.3. The Kier molecular flexibility index (Phi) is 25.9. The van der Waals surface area contributed by atoms with Gasteiger partial charge in [0.05, 0.1) is 0 Å². The second-order valence-corrected chi connectivity index (χ2v) is 11.4. The SMILES string of the molecule is NCCCCNCCCCNCCCC(N)Cc1cccc(CC(N)CCCNCCCCNCCCCN)c1. The fraction of sp³-hybridized carbons (Fsp3) is 0.812. The number of hydrogen-bond donors (Lipinski definition) is 8. The highest BCUT2D eigenvalue weighted by atomic mass is 14.9. The molecule has 0 aliphatic carbocycles. The summed E-state index contributed by atoms with van der Waals surface area (Å²) >= 11 is 0. The number of nitrogens with two attached hydrogens (primary N) is 4. The first kappa shape index (κ1) is 36.9. The summed E-state index contributed by atoms with van der Waals surface area (Å²) in [5.74, 6) is 0. The van der Waals surface area contributed by atoms with E-state index in [-0.39, 0.29) is 12.1 Å². The van der Waals surface area contributed by atoms with E-state index >= 15 is 0 Å². The predicted octanol–water partition coefficient (Wildman–Crippen LogP) is 2.38. The van der Waals surface area contributed by atoms with Crippen molar-refractivity contribution < 1.29 is 0 Å². The molecule has 2 atom stereocenters. The lowest BCUT2D eigenvalue weighted by Gasteiger charge is -2.15. The smallest absolute Gasteiger partial charge is 0.00797 e. The largest absolute Gasteiger partial charge is 0.330 e. The number of unbranched alkanes of at least 4 members (excludes halogenated alkanes) is 4. The molecule has 0 aliphatic heterocycles. The maximum atomic E-state index is 6.46. The molecule has 0 fully saturated rings. The Hall–Kier alpha value is -1.10. The minimum Gasteiger partial charge on any atom is -0.330 e. The van der Waals surface area contributed by atoms with E-state index in [9.17, 15) is 0 Å². The van der Waals surface area contributed by atoms with Crippen LogP contribution in [0.1, 0.15) is 88.2 Å². The van der Waals surface area contributed by atoms with Crippen molar-refractivity contribution in [2.45, 2.75) is 102 Å². The van der Waals surface area contributed by atoms with Crippen LogP contribution in [0.25, 0.3) is 0 Å². The van der Waals surface area contributed by atoms with E-state index in [1.807, 2.05) is 0 Å². The number of rotatable bonds is 30. The van der Waals surface area contributed by atoms with Crippen LogP contribution in [0.4, 0.5) is 0 Å². The number of benzene rings is 1. The minimum absolute atomic E-state index is 0.210. The highest BCUT2D eigenvalue weighted by Crippen LogP contribution is 2.12. The third-order valence-corrected chi connectivity index (χ3v) is 7.37. The maximum absolute atomic E-state index is 6.46. The molecule has 40 heavy (non-hydrogen) atoms. The van der Waals surface area contributed by atoms with Crippen molar-refractivity contribution in [3.8, 4) is 0 Å². The van der Waals surface area contributed by atoms with Crippen molar-refractivity contribution in [2.75, 3.05) is 65.4 Å². The summed E-state index contributed by atoms with van der Waals surface area (Å²) in [4.78, 5) is 0. The molecule has 2 unspecified atom stereocenters. The van der Waals surface area contributed by atoms with E-state index in [0.717, 1.165) is 117 Å². The van der Waals surface area contributed by atoms with Crippen LogP contribution in [0.15, 0.2) is 24.3 Å². The summed E-state index contributed by atoms with van der Waals surface area (Å²) in [6, 6.07) is 9.30. The van der Waals surface area contributed by atoms with Gasteiger partial charge < -0.3 is 44.2 Å². The Morgan fingerprint density at radius 3 is 1.15 bits per heavy atom. The van der Waals surface area contributed by atoms with Gasteiger partial charge in [0.2, 0.25) is 0 Å². The Balaban J connectivity index is 2.02. The van der Waals surface area contributed by atoms with Crippen molar-refractivity contribution >= 4 is 0 Å². The number of nitrogens with one attached hydrogen (secondary N) is 4. The van der Waals surface area contributed by atoms with Crippen LogP contribution >= 0.6 is 0 Å². The van der Waals surface area contributed by atoms with Crippen LogP contribution < -0.4 is 44.2 Å². The highest BCUT2D eigenvalue weighted by molar-refractivity contribution is 5.25. The van der Waals surface area contributed by atoms with E-state index in [1.54, 1.807) is 0 Å². The number of hydrogen-bond acceptors (Lipinski definition) is 8.